The summed E-state index contributed by atoms with van der Waals surface area (Å²) in [6, 6.07) is -1.04. The lowest BCUT2D eigenvalue weighted by Crippen LogP contribution is -2.45. The van der Waals surface area contributed by atoms with Crippen molar-refractivity contribution in [1.29, 1.82) is 0 Å². The lowest BCUT2D eigenvalue weighted by molar-refractivity contribution is -0.151. The molecule has 1 aliphatic heterocycles. The standard InChI is InChI=1S/C12H19NO4/c14-9-5-6-13(11(9)12(16)17)10(15)7-8-3-1-2-4-8/h8-9,11,14H,1-7H2,(H,16,17)/t9-,11-/m0/s1. The topological polar surface area (TPSA) is 77.8 Å². The maximum Gasteiger partial charge on any atom is 0.329 e. The van der Waals surface area contributed by atoms with Crippen molar-refractivity contribution in [3.8, 4) is 0 Å². The Morgan fingerprint density at radius 2 is 1.82 bits per heavy atom. The van der Waals surface area contributed by atoms with Gasteiger partial charge in [-0.05, 0) is 25.2 Å². The number of amides is 1. The Kier molecular flexibility index (Phi) is 3.66. The van der Waals surface area contributed by atoms with Crippen LogP contribution in [0, 0.1) is 5.92 Å². The third-order valence-electron chi connectivity index (χ3n) is 3.88. The molecule has 0 aromatic rings. The Morgan fingerprint density at radius 3 is 2.41 bits per heavy atom. The van der Waals surface area contributed by atoms with Crippen molar-refractivity contribution in [2.75, 3.05) is 6.54 Å². The van der Waals surface area contributed by atoms with Crippen LogP contribution in [0.15, 0.2) is 0 Å². The maximum atomic E-state index is 12.0. The molecule has 5 heteroatoms. The zero-order valence-corrected chi connectivity index (χ0v) is 9.84. The second-order valence-corrected chi connectivity index (χ2v) is 5.08. The first-order valence-electron chi connectivity index (χ1n) is 6.30. The number of carbonyl (C=O) groups is 2. The molecule has 1 heterocycles. The van der Waals surface area contributed by atoms with E-state index in [0.717, 1.165) is 12.8 Å². The Labute approximate surface area is 100 Å². The van der Waals surface area contributed by atoms with Crippen LogP contribution in [-0.4, -0.2) is 45.7 Å². The lowest BCUT2D eigenvalue weighted by atomic mass is 10.0. The summed E-state index contributed by atoms with van der Waals surface area (Å²) in [6.07, 6.45) is 4.37. The molecule has 1 amide bonds. The van der Waals surface area contributed by atoms with Crippen LogP contribution in [-0.2, 0) is 9.59 Å². The molecule has 2 fully saturated rings. The van der Waals surface area contributed by atoms with Gasteiger partial charge >= 0.3 is 5.97 Å². The van der Waals surface area contributed by atoms with E-state index in [2.05, 4.69) is 0 Å². The van der Waals surface area contributed by atoms with Gasteiger partial charge in [0.15, 0.2) is 6.04 Å². The third kappa shape index (κ3) is 2.60. The minimum absolute atomic E-state index is 0.110. The van der Waals surface area contributed by atoms with Crippen molar-refractivity contribution >= 4 is 11.9 Å². The fourth-order valence-corrected chi connectivity index (χ4v) is 2.93. The smallest absolute Gasteiger partial charge is 0.329 e. The van der Waals surface area contributed by atoms with Crippen molar-refractivity contribution < 1.29 is 19.8 Å². The van der Waals surface area contributed by atoms with Crippen LogP contribution < -0.4 is 0 Å². The van der Waals surface area contributed by atoms with E-state index in [1.807, 2.05) is 0 Å². The van der Waals surface area contributed by atoms with E-state index >= 15 is 0 Å². The van der Waals surface area contributed by atoms with E-state index in [4.69, 9.17) is 5.11 Å². The zero-order valence-electron chi connectivity index (χ0n) is 9.84. The Balaban J connectivity index is 1.95. The minimum atomic E-state index is -1.10. The Morgan fingerprint density at radius 1 is 1.18 bits per heavy atom. The molecule has 0 spiro atoms. The zero-order chi connectivity index (χ0) is 12.4. The number of likely N-dealkylation sites (tertiary alicyclic amines) is 1. The van der Waals surface area contributed by atoms with E-state index in [-0.39, 0.29) is 5.91 Å². The average molecular weight is 241 g/mol. The lowest BCUT2D eigenvalue weighted by Gasteiger charge is -2.24. The van der Waals surface area contributed by atoms with Crippen molar-refractivity contribution in [2.24, 2.45) is 5.92 Å². The van der Waals surface area contributed by atoms with Crippen LogP contribution in [0.25, 0.3) is 0 Å². The number of aliphatic hydroxyl groups excluding tert-OH is 1. The van der Waals surface area contributed by atoms with Crippen molar-refractivity contribution in [2.45, 2.75) is 50.7 Å². The molecule has 5 nitrogen and oxygen atoms in total. The van der Waals surface area contributed by atoms with Crippen LogP contribution in [0.1, 0.15) is 38.5 Å². The van der Waals surface area contributed by atoms with Gasteiger partial charge in [0, 0.05) is 13.0 Å². The van der Waals surface area contributed by atoms with Crippen LogP contribution in [0.5, 0.6) is 0 Å². The number of aliphatic carboxylic acids is 1. The van der Waals surface area contributed by atoms with E-state index in [9.17, 15) is 14.7 Å². The molecule has 0 aromatic carbocycles. The van der Waals surface area contributed by atoms with Gasteiger partial charge in [0.1, 0.15) is 0 Å². The predicted molar refractivity (Wildman–Crippen MR) is 60.3 cm³/mol. The first-order valence-corrected chi connectivity index (χ1v) is 6.30. The largest absolute Gasteiger partial charge is 0.480 e. The van der Waals surface area contributed by atoms with Gasteiger partial charge in [-0.25, -0.2) is 4.79 Å². The molecular weight excluding hydrogens is 222 g/mol. The molecule has 1 saturated carbocycles. The molecule has 0 radical (unpaired) electrons. The summed E-state index contributed by atoms with van der Waals surface area (Å²) in [5.74, 6) is -0.801. The highest BCUT2D eigenvalue weighted by Gasteiger charge is 2.41. The number of hydrogen-bond donors (Lipinski definition) is 2. The highest BCUT2D eigenvalue weighted by molar-refractivity contribution is 5.85. The average Bonchev–Trinajstić information content (AvgIpc) is 2.86. The molecule has 0 bridgehead atoms. The normalized spacial score (nSPS) is 29.8. The van der Waals surface area contributed by atoms with E-state index in [1.54, 1.807) is 0 Å². The summed E-state index contributed by atoms with van der Waals surface area (Å²) >= 11 is 0. The van der Waals surface area contributed by atoms with Gasteiger partial charge < -0.3 is 15.1 Å². The SMILES string of the molecule is O=C(O)[C@@H]1[C@@H](O)CCN1C(=O)CC1CCCC1. The highest BCUT2D eigenvalue weighted by Crippen LogP contribution is 2.29. The number of hydrogen-bond acceptors (Lipinski definition) is 3. The molecule has 1 saturated heterocycles. The number of carboxylic acids is 1. The maximum absolute atomic E-state index is 12.0. The number of carboxylic acid groups (broad SMARTS) is 1. The van der Waals surface area contributed by atoms with Gasteiger partial charge in [-0.15, -0.1) is 0 Å². The summed E-state index contributed by atoms with van der Waals surface area (Å²) in [4.78, 5) is 24.4. The fourth-order valence-electron chi connectivity index (χ4n) is 2.93. The van der Waals surface area contributed by atoms with Gasteiger partial charge in [0.05, 0.1) is 6.10 Å². The molecule has 1 aliphatic carbocycles. The van der Waals surface area contributed by atoms with Crippen molar-refractivity contribution in [3.63, 3.8) is 0 Å². The minimum Gasteiger partial charge on any atom is -0.480 e. The van der Waals surface area contributed by atoms with Gasteiger partial charge in [0.25, 0.3) is 0 Å². The highest BCUT2D eigenvalue weighted by atomic mass is 16.4. The molecule has 2 atom stereocenters. The first-order chi connectivity index (χ1) is 8.09. The van der Waals surface area contributed by atoms with E-state index in [1.165, 1.54) is 17.7 Å². The first kappa shape index (κ1) is 12.4. The molecule has 0 aromatic heterocycles. The summed E-state index contributed by atoms with van der Waals surface area (Å²) < 4.78 is 0. The second-order valence-electron chi connectivity index (χ2n) is 5.08. The third-order valence-corrected chi connectivity index (χ3v) is 3.88. The molecule has 2 rings (SSSR count). The van der Waals surface area contributed by atoms with Gasteiger partial charge in [0.2, 0.25) is 5.91 Å². The Hall–Kier alpha value is -1.10. The van der Waals surface area contributed by atoms with E-state index in [0.29, 0.717) is 25.3 Å². The number of carbonyl (C=O) groups excluding carboxylic acids is 1. The molecule has 2 N–H and O–H groups in total. The molecule has 2 aliphatic rings. The summed E-state index contributed by atoms with van der Waals surface area (Å²) in [6.45, 7) is 0.365. The number of aliphatic hydroxyl groups is 1. The monoisotopic (exact) mass is 241 g/mol. The number of rotatable bonds is 3. The summed E-state index contributed by atoms with van der Waals surface area (Å²) in [5.41, 5.74) is 0. The second kappa shape index (κ2) is 5.04. The van der Waals surface area contributed by atoms with Crippen LogP contribution in [0.3, 0.4) is 0 Å². The van der Waals surface area contributed by atoms with E-state index < -0.39 is 18.1 Å². The fraction of sp³-hybridized carbons (Fsp3) is 0.833. The Bertz CT molecular complexity index is 312. The predicted octanol–water partition coefficient (Wildman–Crippen LogP) is 0.613. The van der Waals surface area contributed by atoms with Crippen LogP contribution in [0.4, 0.5) is 0 Å². The summed E-state index contributed by atoms with van der Waals surface area (Å²) in [5, 5.41) is 18.6. The van der Waals surface area contributed by atoms with Crippen LogP contribution in [0.2, 0.25) is 0 Å². The molecule has 96 valence electrons. The molecular formula is C12H19NO4. The molecule has 17 heavy (non-hydrogen) atoms. The van der Waals surface area contributed by atoms with Gasteiger partial charge in [-0.3, -0.25) is 4.79 Å². The van der Waals surface area contributed by atoms with Crippen molar-refractivity contribution in [1.82, 2.24) is 4.90 Å². The summed E-state index contributed by atoms with van der Waals surface area (Å²) in [7, 11) is 0. The van der Waals surface area contributed by atoms with Gasteiger partial charge in [-0.1, -0.05) is 12.8 Å². The van der Waals surface area contributed by atoms with Crippen LogP contribution >= 0.6 is 0 Å². The van der Waals surface area contributed by atoms with Gasteiger partial charge in [-0.2, -0.15) is 0 Å². The van der Waals surface area contributed by atoms with Crippen molar-refractivity contribution in [3.05, 3.63) is 0 Å². The molecule has 0 unspecified atom stereocenters. The number of nitrogens with zero attached hydrogens (tertiary/aromatic N) is 1. The quantitative estimate of drug-likeness (QED) is 0.759.